The van der Waals surface area contributed by atoms with Crippen LogP contribution in [-0.2, 0) is 11.3 Å². The van der Waals surface area contributed by atoms with Crippen LogP contribution in [0.3, 0.4) is 0 Å². The van der Waals surface area contributed by atoms with E-state index in [0.717, 1.165) is 41.1 Å². The molecule has 1 unspecified atom stereocenters. The fraction of sp³-hybridized carbons (Fsp3) is 0.450. The number of carbonyl (C=O) groups excluding carboxylic acids is 1. The molecular formula is C20H23N3O4S. The van der Waals surface area contributed by atoms with Crippen LogP contribution in [0.1, 0.15) is 40.6 Å². The predicted octanol–water partition coefficient (Wildman–Crippen LogP) is 3.81. The van der Waals surface area contributed by atoms with E-state index in [4.69, 9.17) is 13.9 Å². The number of fused-ring (bicyclic) bond motifs is 1. The van der Waals surface area contributed by atoms with E-state index in [1.54, 1.807) is 23.3 Å². The second-order valence-corrected chi connectivity index (χ2v) is 8.19. The Hall–Kier alpha value is -2.45. The summed E-state index contributed by atoms with van der Waals surface area (Å²) in [6, 6.07) is 5.78. The number of carbonyl (C=O) groups is 1. The molecular weight excluding hydrogens is 378 g/mol. The van der Waals surface area contributed by atoms with Gasteiger partial charge in [0, 0.05) is 26.3 Å². The Morgan fingerprint density at radius 3 is 3.07 bits per heavy atom. The molecule has 148 valence electrons. The van der Waals surface area contributed by atoms with Crippen molar-refractivity contribution in [1.82, 2.24) is 14.9 Å². The van der Waals surface area contributed by atoms with E-state index in [1.807, 2.05) is 25.1 Å². The first-order valence-corrected chi connectivity index (χ1v) is 10.2. The molecule has 4 rings (SSSR count). The Labute approximate surface area is 167 Å². The number of oxazole rings is 1. The van der Waals surface area contributed by atoms with Gasteiger partial charge in [-0.15, -0.1) is 11.3 Å². The number of hydrogen-bond acceptors (Lipinski definition) is 7. The molecule has 7 nitrogen and oxygen atoms in total. The summed E-state index contributed by atoms with van der Waals surface area (Å²) in [6.07, 6.45) is 4.70. The van der Waals surface area contributed by atoms with Gasteiger partial charge < -0.3 is 18.8 Å². The first-order valence-electron chi connectivity index (χ1n) is 9.40. The van der Waals surface area contributed by atoms with Crippen LogP contribution in [0.5, 0.6) is 5.75 Å². The lowest BCUT2D eigenvalue weighted by Crippen LogP contribution is -2.37. The van der Waals surface area contributed by atoms with Crippen LogP contribution in [-0.4, -0.2) is 47.1 Å². The van der Waals surface area contributed by atoms with Crippen molar-refractivity contribution in [3.8, 4) is 5.75 Å². The zero-order valence-electron chi connectivity index (χ0n) is 16.0. The van der Waals surface area contributed by atoms with Gasteiger partial charge in [-0.2, -0.15) is 0 Å². The van der Waals surface area contributed by atoms with E-state index in [2.05, 4.69) is 9.97 Å². The van der Waals surface area contributed by atoms with Crippen LogP contribution in [0.25, 0.3) is 10.2 Å². The van der Waals surface area contributed by atoms with Gasteiger partial charge in [-0.25, -0.2) is 9.97 Å². The highest BCUT2D eigenvalue weighted by atomic mass is 32.1. The Balaban J connectivity index is 1.34. The zero-order valence-corrected chi connectivity index (χ0v) is 16.8. The second-order valence-electron chi connectivity index (χ2n) is 6.95. The van der Waals surface area contributed by atoms with Crippen molar-refractivity contribution < 1.29 is 18.7 Å². The van der Waals surface area contributed by atoms with Crippen molar-refractivity contribution in [2.75, 3.05) is 20.2 Å². The second kappa shape index (κ2) is 8.28. The van der Waals surface area contributed by atoms with Crippen molar-refractivity contribution in [3.05, 3.63) is 41.1 Å². The summed E-state index contributed by atoms with van der Waals surface area (Å²) in [5, 5.41) is 1.02. The van der Waals surface area contributed by atoms with Crippen molar-refractivity contribution in [3.63, 3.8) is 0 Å². The fourth-order valence-electron chi connectivity index (χ4n) is 3.27. The maximum absolute atomic E-state index is 12.6. The number of hydrogen-bond donors (Lipinski definition) is 0. The highest BCUT2D eigenvalue weighted by Gasteiger charge is 2.22. The van der Waals surface area contributed by atoms with Crippen LogP contribution in [0.2, 0.25) is 0 Å². The van der Waals surface area contributed by atoms with Crippen molar-refractivity contribution in [1.29, 1.82) is 0 Å². The molecule has 8 heteroatoms. The summed E-state index contributed by atoms with van der Waals surface area (Å²) >= 11 is 1.65. The van der Waals surface area contributed by atoms with Gasteiger partial charge in [0.05, 0.1) is 21.3 Å². The molecule has 28 heavy (non-hydrogen) atoms. The third kappa shape index (κ3) is 4.34. The number of ether oxygens (including phenoxy) is 2. The lowest BCUT2D eigenvalue weighted by Gasteiger charge is -2.26. The third-order valence-electron chi connectivity index (χ3n) is 4.70. The van der Waals surface area contributed by atoms with Crippen LogP contribution in [0.15, 0.2) is 28.9 Å². The van der Waals surface area contributed by atoms with E-state index < -0.39 is 0 Å². The Bertz CT molecular complexity index is 961. The van der Waals surface area contributed by atoms with Gasteiger partial charge in [-0.05, 0) is 38.3 Å². The molecule has 1 aromatic carbocycles. The van der Waals surface area contributed by atoms with Crippen LogP contribution < -0.4 is 4.74 Å². The number of amides is 1. The third-order valence-corrected chi connectivity index (χ3v) is 5.65. The number of thiazole rings is 1. The quantitative estimate of drug-likeness (QED) is 0.625. The Morgan fingerprint density at radius 1 is 1.36 bits per heavy atom. The molecule has 1 amide bonds. The van der Waals surface area contributed by atoms with Crippen LogP contribution in [0, 0.1) is 6.92 Å². The Morgan fingerprint density at radius 2 is 2.25 bits per heavy atom. The molecule has 0 aliphatic carbocycles. The average Bonchev–Trinajstić information content (AvgIpc) is 3.31. The average molecular weight is 401 g/mol. The minimum Gasteiger partial charge on any atom is -0.484 e. The molecule has 1 fully saturated rings. The predicted molar refractivity (Wildman–Crippen MR) is 106 cm³/mol. The van der Waals surface area contributed by atoms with Crippen molar-refractivity contribution in [2.24, 2.45) is 0 Å². The number of benzene rings is 1. The largest absolute Gasteiger partial charge is 0.484 e. The lowest BCUT2D eigenvalue weighted by molar-refractivity contribution is -0.000293. The van der Waals surface area contributed by atoms with Gasteiger partial charge in [-0.1, -0.05) is 0 Å². The van der Waals surface area contributed by atoms with Gasteiger partial charge >= 0.3 is 0 Å². The highest BCUT2D eigenvalue weighted by molar-refractivity contribution is 7.18. The van der Waals surface area contributed by atoms with Crippen molar-refractivity contribution >= 4 is 27.5 Å². The number of nitrogens with zero attached hydrogens (tertiary/aromatic N) is 3. The van der Waals surface area contributed by atoms with Gasteiger partial charge in [0.15, 0.2) is 12.3 Å². The number of aryl methyl sites for hydroxylation is 1. The van der Waals surface area contributed by atoms with E-state index in [1.165, 1.54) is 6.26 Å². The SMILES string of the molecule is Cc1nc2cc(OCc3nc(C(=O)N(C)CC4CCCCO4)co3)ccc2s1. The standard InChI is InChI=1S/C20H23N3O4S/c1-13-21-16-9-14(6-7-18(16)28-13)26-12-19-22-17(11-27-19)20(24)23(2)10-15-5-3-4-8-25-15/h6-7,9,11,15H,3-5,8,10,12H2,1-2H3. The fourth-order valence-corrected chi connectivity index (χ4v) is 4.08. The molecule has 1 atom stereocenters. The number of aromatic nitrogens is 2. The first kappa shape index (κ1) is 18.9. The first-order chi connectivity index (χ1) is 13.6. The molecule has 1 aliphatic heterocycles. The molecule has 0 radical (unpaired) electrons. The zero-order chi connectivity index (χ0) is 19.5. The summed E-state index contributed by atoms with van der Waals surface area (Å²) in [7, 11) is 1.76. The number of likely N-dealkylation sites (N-methyl/N-ethyl adjacent to an activating group) is 1. The van der Waals surface area contributed by atoms with Crippen LogP contribution >= 0.6 is 11.3 Å². The van der Waals surface area contributed by atoms with Gasteiger partial charge in [-0.3, -0.25) is 4.79 Å². The molecule has 0 spiro atoms. The van der Waals surface area contributed by atoms with Gasteiger partial charge in [0.1, 0.15) is 12.0 Å². The maximum atomic E-state index is 12.6. The lowest BCUT2D eigenvalue weighted by atomic mass is 10.1. The van der Waals surface area contributed by atoms with E-state index in [9.17, 15) is 4.79 Å². The van der Waals surface area contributed by atoms with Gasteiger partial charge in [0.25, 0.3) is 5.91 Å². The summed E-state index contributed by atoms with van der Waals surface area (Å²) in [4.78, 5) is 22.9. The molecule has 2 aromatic heterocycles. The topological polar surface area (TPSA) is 77.7 Å². The highest BCUT2D eigenvalue weighted by Crippen LogP contribution is 2.26. The Kier molecular flexibility index (Phi) is 5.59. The monoisotopic (exact) mass is 401 g/mol. The molecule has 0 saturated carbocycles. The molecule has 1 saturated heterocycles. The normalized spacial score (nSPS) is 17.0. The molecule has 1 aliphatic rings. The summed E-state index contributed by atoms with van der Waals surface area (Å²) < 4.78 is 18.0. The molecule has 0 bridgehead atoms. The van der Waals surface area contributed by atoms with E-state index in [0.29, 0.717) is 18.2 Å². The summed E-state index contributed by atoms with van der Waals surface area (Å²) in [6.45, 7) is 3.46. The van der Waals surface area contributed by atoms with E-state index in [-0.39, 0.29) is 24.3 Å². The summed E-state index contributed by atoms with van der Waals surface area (Å²) in [5.41, 5.74) is 1.19. The number of rotatable bonds is 6. The van der Waals surface area contributed by atoms with Crippen LogP contribution in [0.4, 0.5) is 0 Å². The maximum Gasteiger partial charge on any atom is 0.275 e. The smallest absolute Gasteiger partial charge is 0.275 e. The molecule has 3 aromatic rings. The molecule has 0 N–H and O–H groups in total. The van der Waals surface area contributed by atoms with Crippen molar-refractivity contribution in [2.45, 2.75) is 38.9 Å². The molecule has 3 heterocycles. The van der Waals surface area contributed by atoms with Gasteiger partial charge in [0.2, 0.25) is 5.89 Å². The minimum absolute atomic E-state index is 0.0988. The summed E-state index contributed by atoms with van der Waals surface area (Å²) in [5.74, 6) is 0.874. The van der Waals surface area contributed by atoms with E-state index >= 15 is 0 Å². The minimum atomic E-state index is -0.177.